The Hall–Kier alpha value is -1.40. The van der Waals surface area contributed by atoms with Crippen molar-refractivity contribution in [3.8, 4) is 0 Å². The van der Waals surface area contributed by atoms with Gasteiger partial charge in [0.2, 0.25) is 15.9 Å². The molecule has 0 radical (unpaired) electrons. The van der Waals surface area contributed by atoms with Crippen LogP contribution in [0.5, 0.6) is 0 Å². The van der Waals surface area contributed by atoms with Crippen molar-refractivity contribution in [3.63, 3.8) is 0 Å². The van der Waals surface area contributed by atoms with Crippen LogP contribution in [-0.4, -0.2) is 31.7 Å². The number of nitrogens with one attached hydrogen (secondary N) is 1. The molecule has 2 atom stereocenters. The van der Waals surface area contributed by atoms with Crippen molar-refractivity contribution in [2.45, 2.75) is 44.4 Å². The summed E-state index contributed by atoms with van der Waals surface area (Å²) in [5, 5.41) is 2.90. The lowest BCUT2D eigenvalue weighted by atomic mass is 10.2. The van der Waals surface area contributed by atoms with Crippen LogP contribution in [-0.2, 0) is 14.8 Å². The Kier molecular flexibility index (Phi) is 4.47. The second-order valence-electron chi connectivity index (χ2n) is 6.75. The van der Waals surface area contributed by atoms with E-state index in [1.54, 1.807) is 22.5 Å². The topological polar surface area (TPSA) is 66.5 Å². The molecule has 1 saturated heterocycles. The molecule has 3 rings (SSSR count). The molecule has 1 saturated carbocycles. The van der Waals surface area contributed by atoms with E-state index in [0.29, 0.717) is 24.7 Å². The van der Waals surface area contributed by atoms with Crippen LogP contribution in [0, 0.1) is 18.8 Å². The van der Waals surface area contributed by atoms with Gasteiger partial charge in [-0.15, -0.1) is 0 Å². The van der Waals surface area contributed by atoms with E-state index in [9.17, 15) is 13.2 Å². The molecular weight excluding hydrogens is 312 g/mol. The van der Waals surface area contributed by atoms with Gasteiger partial charge in [0, 0.05) is 24.7 Å². The first-order valence-electron chi connectivity index (χ1n) is 8.31. The number of sulfonamides is 1. The first-order chi connectivity index (χ1) is 10.9. The number of hydrogen-bond donors (Lipinski definition) is 1. The second-order valence-corrected chi connectivity index (χ2v) is 8.69. The van der Waals surface area contributed by atoms with Gasteiger partial charge in [-0.2, -0.15) is 4.31 Å². The molecule has 1 N–H and O–H groups in total. The highest BCUT2D eigenvalue weighted by molar-refractivity contribution is 7.89. The minimum atomic E-state index is -3.47. The van der Waals surface area contributed by atoms with Gasteiger partial charge in [-0.1, -0.05) is 19.4 Å². The van der Waals surface area contributed by atoms with E-state index in [1.165, 1.54) is 0 Å². The average molecular weight is 336 g/mol. The maximum atomic E-state index is 12.7. The molecular formula is C17H24N2O3S. The molecule has 1 aromatic rings. The summed E-state index contributed by atoms with van der Waals surface area (Å²) < 4.78 is 27.0. The van der Waals surface area contributed by atoms with Crippen molar-refractivity contribution in [2.75, 3.05) is 18.4 Å². The van der Waals surface area contributed by atoms with Crippen molar-refractivity contribution in [1.29, 1.82) is 0 Å². The first-order valence-corrected chi connectivity index (χ1v) is 9.75. The predicted octanol–water partition coefficient (Wildman–Crippen LogP) is 2.76. The zero-order valence-corrected chi connectivity index (χ0v) is 14.5. The van der Waals surface area contributed by atoms with Crippen LogP contribution < -0.4 is 5.32 Å². The molecule has 23 heavy (non-hydrogen) atoms. The largest absolute Gasteiger partial charge is 0.326 e. The van der Waals surface area contributed by atoms with E-state index in [-0.39, 0.29) is 16.7 Å². The number of piperidine rings is 1. The van der Waals surface area contributed by atoms with Gasteiger partial charge >= 0.3 is 0 Å². The molecule has 1 heterocycles. The number of amides is 1. The zero-order valence-electron chi connectivity index (χ0n) is 13.7. The van der Waals surface area contributed by atoms with Gasteiger partial charge in [-0.3, -0.25) is 4.79 Å². The first kappa shape index (κ1) is 16.5. The van der Waals surface area contributed by atoms with E-state index in [1.807, 2.05) is 13.8 Å². The molecule has 1 aliphatic carbocycles. The Morgan fingerprint density at radius 1 is 1.22 bits per heavy atom. The molecule has 2 aliphatic rings. The van der Waals surface area contributed by atoms with Crippen LogP contribution in [0.15, 0.2) is 23.1 Å². The lowest BCUT2D eigenvalue weighted by molar-refractivity contribution is -0.117. The van der Waals surface area contributed by atoms with Gasteiger partial charge < -0.3 is 5.32 Å². The smallest absolute Gasteiger partial charge is 0.243 e. The lowest BCUT2D eigenvalue weighted by Gasteiger charge is -2.26. The van der Waals surface area contributed by atoms with Crippen LogP contribution in [0.4, 0.5) is 5.69 Å². The van der Waals surface area contributed by atoms with Gasteiger partial charge in [-0.25, -0.2) is 8.42 Å². The third-order valence-corrected chi connectivity index (χ3v) is 6.76. The number of rotatable bonds is 4. The van der Waals surface area contributed by atoms with Gasteiger partial charge in [-0.05, 0) is 49.8 Å². The summed E-state index contributed by atoms with van der Waals surface area (Å²) in [7, 11) is -3.47. The zero-order chi connectivity index (χ0) is 16.6. The van der Waals surface area contributed by atoms with Gasteiger partial charge in [0.15, 0.2) is 0 Å². The van der Waals surface area contributed by atoms with Crippen LogP contribution in [0.25, 0.3) is 0 Å². The molecule has 0 spiro atoms. The van der Waals surface area contributed by atoms with Crippen molar-refractivity contribution >= 4 is 21.6 Å². The minimum absolute atomic E-state index is 0.00637. The summed E-state index contributed by atoms with van der Waals surface area (Å²) >= 11 is 0. The predicted molar refractivity (Wildman–Crippen MR) is 89.7 cm³/mol. The van der Waals surface area contributed by atoms with Gasteiger partial charge in [0.1, 0.15) is 0 Å². The van der Waals surface area contributed by atoms with Crippen LogP contribution in [0.3, 0.4) is 0 Å². The number of carbonyl (C=O) groups is 1. The summed E-state index contributed by atoms with van der Waals surface area (Å²) in [4.78, 5) is 12.4. The Morgan fingerprint density at radius 2 is 1.87 bits per heavy atom. The monoisotopic (exact) mass is 336 g/mol. The summed E-state index contributed by atoms with van der Waals surface area (Å²) in [6, 6.07) is 5.00. The fourth-order valence-corrected chi connectivity index (χ4v) is 4.61. The highest BCUT2D eigenvalue weighted by atomic mass is 32.2. The molecule has 6 heteroatoms. The molecule has 126 valence electrons. The fourth-order valence-electron chi connectivity index (χ4n) is 3.06. The number of benzene rings is 1. The summed E-state index contributed by atoms with van der Waals surface area (Å²) in [5.41, 5.74) is 1.48. The standard InChI is InChI=1S/C17H24N2O3S/c1-12-6-7-14(23(21,22)19-8-4-3-5-9-19)11-16(12)18-17(20)15-10-13(15)2/h6-7,11,13,15H,3-5,8-10H2,1-2H3,(H,18,20). The van der Waals surface area contributed by atoms with E-state index < -0.39 is 10.0 Å². The third-order valence-electron chi connectivity index (χ3n) is 4.87. The number of aryl methyl sites for hydroxylation is 1. The molecule has 5 nitrogen and oxygen atoms in total. The molecule has 0 bridgehead atoms. The molecule has 1 aromatic carbocycles. The highest BCUT2D eigenvalue weighted by Crippen LogP contribution is 2.38. The summed E-state index contributed by atoms with van der Waals surface area (Å²) in [6.07, 6.45) is 3.82. The highest BCUT2D eigenvalue weighted by Gasteiger charge is 2.39. The van der Waals surface area contributed by atoms with Crippen molar-refractivity contribution in [1.82, 2.24) is 4.31 Å². The second kappa shape index (κ2) is 6.24. The molecule has 2 unspecified atom stereocenters. The fraction of sp³-hybridized carbons (Fsp3) is 0.588. The maximum absolute atomic E-state index is 12.7. The number of carbonyl (C=O) groups excluding carboxylic acids is 1. The van der Waals surface area contributed by atoms with E-state index in [2.05, 4.69) is 5.32 Å². The lowest BCUT2D eigenvalue weighted by Crippen LogP contribution is -2.35. The molecule has 1 amide bonds. The molecule has 2 fully saturated rings. The quantitative estimate of drug-likeness (QED) is 0.919. The van der Waals surface area contributed by atoms with Crippen molar-refractivity contribution < 1.29 is 13.2 Å². The van der Waals surface area contributed by atoms with Gasteiger partial charge in [0.25, 0.3) is 0 Å². The van der Waals surface area contributed by atoms with E-state index in [0.717, 1.165) is 31.2 Å². The number of anilines is 1. The number of hydrogen-bond acceptors (Lipinski definition) is 3. The SMILES string of the molecule is Cc1ccc(S(=O)(=O)N2CCCCC2)cc1NC(=O)C1CC1C. The Balaban J connectivity index is 1.83. The third kappa shape index (κ3) is 3.43. The normalized spacial score (nSPS) is 25.1. The Morgan fingerprint density at radius 3 is 2.48 bits per heavy atom. The van der Waals surface area contributed by atoms with Gasteiger partial charge in [0.05, 0.1) is 4.90 Å². The average Bonchev–Trinajstić information content (AvgIpc) is 3.27. The Bertz CT molecular complexity index is 709. The molecule has 1 aliphatic heterocycles. The van der Waals surface area contributed by atoms with Crippen LogP contribution in [0.2, 0.25) is 0 Å². The van der Waals surface area contributed by atoms with Crippen LogP contribution in [0.1, 0.15) is 38.2 Å². The maximum Gasteiger partial charge on any atom is 0.243 e. The van der Waals surface area contributed by atoms with E-state index in [4.69, 9.17) is 0 Å². The van der Waals surface area contributed by atoms with Crippen molar-refractivity contribution in [2.24, 2.45) is 11.8 Å². The minimum Gasteiger partial charge on any atom is -0.326 e. The van der Waals surface area contributed by atoms with Crippen LogP contribution >= 0.6 is 0 Å². The summed E-state index contributed by atoms with van der Waals surface area (Å²) in [6.45, 7) is 5.09. The Labute approximate surface area is 138 Å². The molecule has 0 aromatic heterocycles. The number of nitrogens with zero attached hydrogens (tertiary/aromatic N) is 1. The van der Waals surface area contributed by atoms with E-state index >= 15 is 0 Å². The summed E-state index contributed by atoms with van der Waals surface area (Å²) in [5.74, 6) is 0.487. The van der Waals surface area contributed by atoms with Crippen molar-refractivity contribution in [3.05, 3.63) is 23.8 Å².